The molecule has 176 valence electrons. The van der Waals surface area contributed by atoms with Gasteiger partial charge in [-0.1, -0.05) is 75.0 Å². The third-order valence-electron chi connectivity index (χ3n) is 5.71. The van der Waals surface area contributed by atoms with Crippen molar-refractivity contribution in [2.45, 2.75) is 36.1 Å². The van der Waals surface area contributed by atoms with Crippen LogP contribution in [0, 0.1) is 11.3 Å². The summed E-state index contributed by atoms with van der Waals surface area (Å²) in [6.07, 6.45) is 0. The Morgan fingerprint density at radius 1 is 0.857 bits per heavy atom. The van der Waals surface area contributed by atoms with Crippen LogP contribution in [0.1, 0.15) is 31.9 Å². The van der Waals surface area contributed by atoms with E-state index in [4.69, 9.17) is 9.72 Å². The molecule has 0 N–H and O–H groups in total. The number of thioether (sulfide) groups is 2. The second kappa shape index (κ2) is 11.0. The van der Waals surface area contributed by atoms with E-state index in [2.05, 4.69) is 51.1 Å². The number of hydrogen-bond acceptors (Lipinski definition) is 5. The zero-order valence-electron chi connectivity index (χ0n) is 20.4. The zero-order chi connectivity index (χ0) is 24.8. The van der Waals surface area contributed by atoms with Crippen molar-refractivity contribution in [2.75, 3.05) is 12.2 Å². The van der Waals surface area contributed by atoms with Crippen molar-refractivity contribution in [1.82, 2.24) is 4.98 Å². The van der Waals surface area contributed by atoms with Crippen LogP contribution >= 0.6 is 23.5 Å². The first kappa shape index (κ1) is 24.9. The van der Waals surface area contributed by atoms with E-state index in [1.807, 2.05) is 60.7 Å². The van der Waals surface area contributed by atoms with Crippen LogP contribution in [0.25, 0.3) is 22.4 Å². The summed E-state index contributed by atoms with van der Waals surface area (Å²) in [6, 6.07) is 31.1. The van der Waals surface area contributed by atoms with Crippen molar-refractivity contribution < 1.29 is 4.74 Å². The molecule has 0 aliphatic carbocycles. The monoisotopic (exact) mass is 496 g/mol. The smallest absolute Gasteiger partial charge is 0.118 e. The summed E-state index contributed by atoms with van der Waals surface area (Å²) in [5.74, 6) is 0.800. The minimum Gasteiger partial charge on any atom is -0.497 e. The lowest BCUT2D eigenvalue weighted by molar-refractivity contribution is 0.415. The maximum atomic E-state index is 10.1. The molecular formula is C30H28N2OS2. The van der Waals surface area contributed by atoms with Gasteiger partial charge >= 0.3 is 0 Å². The number of rotatable bonds is 7. The second-order valence-electron chi connectivity index (χ2n) is 9.12. The Morgan fingerprint density at radius 3 is 2.14 bits per heavy atom. The maximum Gasteiger partial charge on any atom is 0.118 e. The van der Waals surface area contributed by atoms with Gasteiger partial charge in [-0.2, -0.15) is 5.26 Å². The third-order valence-corrected chi connectivity index (χ3v) is 7.83. The van der Waals surface area contributed by atoms with Crippen molar-refractivity contribution in [2.24, 2.45) is 0 Å². The fourth-order valence-corrected chi connectivity index (χ4v) is 5.71. The van der Waals surface area contributed by atoms with Gasteiger partial charge in [0.05, 0.1) is 23.5 Å². The molecule has 1 aromatic heterocycles. The predicted molar refractivity (Wildman–Crippen MR) is 148 cm³/mol. The van der Waals surface area contributed by atoms with Crippen molar-refractivity contribution in [3.05, 3.63) is 96.1 Å². The molecular weight excluding hydrogens is 468 g/mol. The molecule has 0 unspecified atom stereocenters. The topological polar surface area (TPSA) is 45.9 Å². The van der Waals surface area contributed by atoms with Gasteiger partial charge in [0.15, 0.2) is 0 Å². The molecule has 4 rings (SSSR count). The molecule has 5 heteroatoms. The molecule has 0 saturated carbocycles. The normalized spacial score (nSPS) is 11.2. The minimum absolute atomic E-state index is 0.138. The lowest BCUT2D eigenvalue weighted by Crippen LogP contribution is -2.10. The predicted octanol–water partition coefficient (Wildman–Crippen LogP) is 8.44. The highest BCUT2D eigenvalue weighted by atomic mass is 32.2. The second-order valence-corrected chi connectivity index (χ2v) is 11.5. The fourth-order valence-electron chi connectivity index (χ4n) is 3.69. The summed E-state index contributed by atoms with van der Waals surface area (Å²) in [6.45, 7) is 6.67. The quantitative estimate of drug-likeness (QED) is 0.190. The number of benzene rings is 3. The minimum atomic E-state index is 0.138. The lowest BCUT2D eigenvalue weighted by Gasteiger charge is -2.19. The molecule has 35 heavy (non-hydrogen) atoms. The van der Waals surface area contributed by atoms with Gasteiger partial charge in [0.1, 0.15) is 16.8 Å². The molecule has 0 aliphatic heterocycles. The van der Waals surface area contributed by atoms with Crippen molar-refractivity contribution >= 4 is 23.5 Å². The van der Waals surface area contributed by atoms with Gasteiger partial charge < -0.3 is 4.74 Å². The van der Waals surface area contributed by atoms with E-state index >= 15 is 0 Å². The van der Waals surface area contributed by atoms with E-state index in [0.29, 0.717) is 5.56 Å². The first-order valence-corrected chi connectivity index (χ1v) is 13.4. The largest absolute Gasteiger partial charge is 0.497 e. The molecule has 0 fully saturated rings. The number of nitriles is 1. The van der Waals surface area contributed by atoms with Gasteiger partial charge in [-0.25, -0.2) is 4.98 Å². The van der Waals surface area contributed by atoms with Crippen LogP contribution in [-0.4, -0.2) is 17.2 Å². The van der Waals surface area contributed by atoms with E-state index in [9.17, 15) is 5.26 Å². The summed E-state index contributed by atoms with van der Waals surface area (Å²) in [5.41, 5.74) is 5.81. The highest BCUT2D eigenvalue weighted by Crippen LogP contribution is 2.37. The molecule has 3 aromatic carbocycles. The van der Waals surface area contributed by atoms with E-state index < -0.39 is 0 Å². The van der Waals surface area contributed by atoms with Crippen molar-refractivity contribution in [3.63, 3.8) is 0 Å². The summed E-state index contributed by atoms with van der Waals surface area (Å²) >= 11 is 3.37. The summed E-state index contributed by atoms with van der Waals surface area (Å²) < 4.78 is 5.31. The molecule has 0 amide bonds. The van der Waals surface area contributed by atoms with Gasteiger partial charge in [0.2, 0.25) is 0 Å². The maximum absolute atomic E-state index is 10.1. The molecule has 0 spiro atoms. The summed E-state index contributed by atoms with van der Waals surface area (Å²) in [4.78, 5) is 6.13. The Labute approximate surface area is 216 Å². The van der Waals surface area contributed by atoms with Crippen LogP contribution in [0.3, 0.4) is 0 Å². The Kier molecular flexibility index (Phi) is 7.85. The highest BCUT2D eigenvalue weighted by molar-refractivity contribution is 8.16. The standard InChI is InChI=1S/C30H28N2OS2/c1-30(2,3)23-12-16-25(17-13-23)34-20-35-29-27(19-31)26(21-8-6-5-7-9-21)18-28(32-29)22-10-14-24(33-4)15-11-22/h5-18H,20H2,1-4H3. The lowest BCUT2D eigenvalue weighted by atomic mass is 9.87. The fraction of sp³-hybridized carbons (Fsp3) is 0.200. The van der Waals surface area contributed by atoms with E-state index in [1.165, 1.54) is 10.5 Å². The number of methoxy groups -OCH3 is 1. The van der Waals surface area contributed by atoms with Crippen molar-refractivity contribution in [1.29, 1.82) is 5.26 Å². The highest BCUT2D eigenvalue weighted by Gasteiger charge is 2.17. The Balaban J connectivity index is 1.65. The van der Waals surface area contributed by atoms with Gasteiger partial charge in [-0.05, 0) is 59.0 Å². The number of hydrogen-bond donors (Lipinski definition) is 0. The zero-order valence-corrected chi connectivity index (χ0v) is 22.0. The van der Waals surface area contributed by atoms with Crippen LogP contribution in [0.5, 0.6) is 5.75 Å². The van der Waals surface area contributed by atoms with Crippen LogP contribution in [0.4, 0.5) is 0 Å². The van der Waals surface area contributed by atoms with Crippen LogP contribution in [0.2, 0.25) is 0 Å². The number of pyridine rings is 1. The first-order chi connectivity index (χ1) is 16.9. The van der Waals surface area contributed by atoms with E-state index in [0.717, 1.165) is 38.2 Å². The molecule has 4 aromatic rings. The third kappa shape index (κ3) is 6.08. The molecule has 0 aliphatic rings. The average Bonchev–Trinajstić information content (AvgIpc) is 2.88. The average molecular weight is 497 g/mol. The Morgan fingerprint density at radius 2 is 1.54 bits per heavy atom. The van der Waals surface area contributed by atoms with Gasteiger partial charge in [-0.3, -0.25) is 0 Å². The molecule has 3 nitrogen and oxygen atoms in total. The van der Waals surface area contributed by atoms with E-state index in [1.54, 1.807) is 30.6 Å². The van der Waals surface area contributed by atoms with Gasteiger partial charge in [-0.15, -0.1) is 11.8 Å². The van der Waals surface area contributed by atoms with Crippen LogP contribution < -0.4 is 4.74 Å². The number of aromatic nitrogens is 1. The molecule has 0 atom stereocenters. The van der Waals surface area contributed by atoms with Crippen LogP contribution in [-0.2, 0) is 5.41 Å². The number of nitrogens with zero attached hydrogens (tertiary/aromatic N) is 2. The molecule has 0 saturated heterocycles. The number of ether oxygens (including phenoxy) is 1. The molecule has 0 bridgehead atoms. The Hall–Kier alpha value is -3.20. The summed E-state index contributed by atoms with van der Waals surface area (Å²) in [7, 11) is 1.66. The summed E-state index contributed by atoms with van der Waals surface area (Å²) in [5, 5.41) is 11.6. The van der Waals surface area contributed by atoms with E-state index in [-0.39, 0.29) is 5.41 Å². The Bertz CT molecular complexity index is 1320. The molecule has 0 radical (unpaired) electrons. The first-order valence-electron chi connectivity index (χ1n) is 11.4. The van der Waals surface area contributed by atoms with Crippen LogP contribution in [0.15, 0.2) is 94.9 Å². The van der Waals surface area contributed by atoms with Gasteiger partial charge in [0.25, 0.3) is 0 Å². The molecule has 1 heterocycles. The van der Waals surface area contributed by atoms with Gasteiger partial charge in [0, 0.05) is 16.0 Å². The SMILES string of the molecule is COc1ccc(-c2cc(-c3ccccc3)c(C#N)c(SCSc3ccc(C(C)(C)C)cc3)n2)cc1. The van der Waals surface area contributed by atoms with Crippen molar-refractivity contribution in [3.8, 4) is 34.2 Å².